The van der Waals surface area contributed by atoms with Gasteiger partial charge in [-0.3, -0.25) is 4.79 Å². The largest absolute Gasteiger partial charge is 0.343 e. The minimum absolute atomic E-state index is 0.334. The van der Waals surface area contributed by atoms with Crippen molar-refractivity contribution in [3.8, 4) is 0 Å². The van der Waals surface area contributed by atoms with Crippen LogP contribution in [0.1, 0.15) is 51.9 Å². The monoisotopic (exact) mass is 183 g/mol. The van der Waals surface area contributed by atoms with Crippen molar-refractivity contribution in [2.45, 2.75) is 57.9 Å². The fraction of sp³-hybridized carbons (Fsp3) is 0.909. The van der Waals surface area contributed by atoms with E-state index in [1.807, 2.05) is 11.9 Å². The van der Waals surface area contributed by atoms with Crippen LogP contribution in [-0.2, 0) is 4.79 Å². The van der Waals surface area contributed by atoms with Crippen LogP contribution in [0.5, 0.6) is 0 Å². The van der Waals surface area contributed by atoms with Gasteiger partial charge < -0.3 is 4.90 Å². The predicted molar refractivity (Wildman–Crippen MR) is 54.6 cm³/mol. The van der Waals surface area contributed by atoms with E-state index in [1.165, 1.54) is 32.1 Å². The molecule has 0 spiro atoms. The maximum atomic E-state index is 11.2. The molecular weight excluding hydrogens is 162 g/mol. The van der Waals surface area contributed by atoms with Crippen LogP contribution in [0.25, 0.3) is 0 Å². The molecule has 1 amide bonds. The van der Waals surface area contributed by atoms with Gasteiger partial charge in [0.1, 0.15) is 0 Å². The van der Waals surface area contributed by atoms with Gasteiger partial charge in [0.2, 0.25) is 5.91 Å². The smallest absolute Gasteiger partial charge is 0.222 e. The van der Waals surface area contributed by atoms with Gasteiger partial charge in [-0.1, -0.05) is 32.6 Å². The van der Waals surface area contributed by atoms with Crippen LogP contribution in [0.2, 0.25) is 0 Å². The summed E-state index contributed by atoms with van der Waals surface area (Å²) in [5.41, 5.74) is 0. The summed E-state index contributed by atoms with van der Waals surface area (Å²) in [5.74, 6) is 0.334. The molecule has 0 aliphatic carbocycles. The molecule has 1 saturated heterocycles. The average molecular weight is 183 g/mol. The third-order valence-electron chi connectivity index (χ3n) is 3.02. The highest BCUT2D eigenvalue weighted by Gasteiger charge is 2.26. The second-order valence-electron chi connectivity index (χ2n) is 4.05. The van der Waals surface area contributed by atoms with Crippen molar-refractivity contribution >= 4 is 5.91 Å². The van der Waals surface area contributed by atoms with Crippen molar-refractivity contribution < 1.29 is 4.79 Å². The first kappa shape index (κ1) is 10.6. The Morgan fingerprint density at radius 1 is 1.38 bits per heavy atom. The lowest BCUT2D eigenvalue weighted by Gasteiger charge is -2.19. The fourth-order valence-corrected chi connectivity index (χ4v) is 2.01. The number of unbranched alkanes of at least 4 members (excludes halogenated alkanes) is 3. The quantitative estimate of drug-likeness (QED) is 0.600. The van der Waals surface area contributed by atoms with Crippen molar-refractivity contribution in [2.24, 2.45) is 0 Å². The van der Waals surface area contributed by atoms with E-state index in [0.29, 0.717) is 11.9 Å². The van der Waals surface area contributed by atoms with Crippen molar-refractivity contribution in [1.82, 2.24) is 4.90 Å². The third kappa shape index (κ3) is 3.02. The van der Waals surface area contributed by atoms with Crippen LogP contribution in [0, 0.1) is 0 Å². The SMILES string of the molecule is CCCCCCC1CCC(=O)N1C. The lowest BCUT2D eigenvalue weighted by molar-refractivity contribution is -0.127. The van der Waals surface area contributed by atoms with Crippen molar-refractivity contribution in [2.75, 3.05) is 7.05 Å². The standard InChI is InChI=1S/C11H21NO/c1-3-4-5-6-7-10-8-9-11(13)12(10)2/h10H,3-9H2,1-2H3. The Balaban J connectivity index is 2.11. The number of carbonyl (C=O) groups excluding carboxylic acids is 1. The Bertz CT molecular complexity index is 167. The van der Waals surface area contributed by atoms with E-state index in [0.717, 1.165) is 12.8 Å². The molecule has 0 aromatic heterocycles. The summed E-state index contributed by atoms with van der Waals surface area (Å²) in [5, 5.41) is 0. The molecule has 0 aromatic rings. The van der Waals surface area contributed by atoms with Gasteiger partial charge in [0.05, 0.1) is 0 Å². The van der Waals surface area contributed by atoms with Crippen molar-refractivity contribution in [1.29, 1.82) is 0 Å². The maximum Gasteiger partial charge on any atom is 0.222 e. The second-order valence-corrected chi connectivity index (χ2v) is 4.05. The first-order valence-electron chi connectivity index (χ1n) is 5.51. The number of hydrogen-bond donors (Lipinski definition) is 0. The van der Waals surface area contributed by atoms with E-state index in [1.54, 1.807) is 0 Å². The zero-order valence-electron chi connectivity index (χ0n) is 8.88. The van der Waals surface area contributed by atoms with Gasteiger partial charge in [0.15, 0.2) is 0 Å². The van der Waals surface area contributed by atoms with E-state index in [-0.39, 0.29) is 0 Å². The predicted octanol–water partition coefficient (Wildman–Crippen LogP) is 2.58. The van der Waals surface area contributed by atoms with Gasteiger partial charge in [0, 0.05) is 19.5 Å². The van der Waals surface area contributed by atoms with Gasteiger partial charge in [0.25, 0.3) is 0 Å². The van der Waals surface area contributed by atoms with E-state index >= 15 is 0 Å². The minimum Gasteiger partial charge on any atom is -0.343 e. The summed E-state index contributed by atoms with van der Waals surface area (Å²) >= 11 is 0. The Kier molecular flexibility index (Phi) is 4.26. The Labute approximate surface area is 81.3 Å². The Morgan fingerprint density at radius 3 is 2.69 bits per heavy atom. The molecule has 1 aliphatic heterocycles. The number of hydrogen-bond acceptors (Lipinski definition) is 1. The third-order valence-corrected chi connectivity index (χ3v) is 3.02. The van der Waals surface area contributed by atoms with Gasteiger partial charge in [-0.25, -0.2) is 0 Å². The molecule has 0 bridgehead atoms. The number of likely N-dealkylation sites (tertiary alicyclic amines) is 1. The van der Waals surface area contributed by atoms with Crippen LogP contribution >= 0.6 is 0 Å². The normalized spacial score (nSPS) is 22.8. The Hall–Kier alpha value is -0.530. The van der Waals surface area contributed by atoms with Crippen LogP contribution in [0.4, 0.5) is 0 Å². The molecule has 1 rings (SSSR count). The molecule has 1 unspecified atom stereocenters. The summed E-state index contributed by atoms with van der Waals surface area (Å²) < 4.78 is 0. The number of amides is 1. The summed E-state index contributed by atoms with van der Waals surface area (Å²) in [6.07, 6.45) is 8.31. The minimum atomic E-state index is 0.334. The molecule has 0 radical (unpaired) electrons. The van der Waals surface area contributed by atoms with E-state index in [2.05, 4.69) is 6.92 Å². The molecule has 1 heterocycles. The summed E-state index contributed by atoms with van der Waals surface area (Å²) in [4.78, 5) is 13.1. The van der Waals surface area contributed by atoms with E-state index < -0.39 is 0 Å². The van der Waals surface area contributed by atoms with Crippen molar-refractivity contribution in [3.05, 3.63) is 0 Å². The van der Waals surface area contributed by atoms with Crippen LogP contribution < -0.4 is 0 Å². The fourth-order valence-electron chi connectivity index (χ4n) is 2.01. The highest BCUT2D eigenvalue weighted by atomic mass is 16.2. The van der Waals surface area contributed by atoms with Crippen LogP contribution in [0.3, 0.4) is 0 Å². The molecule has 76 valence electrons. The van der Waals surface area contributed by atoms with E-state index in [9.17, 15) is 4.79 Å². The van der Waals surface area contributed by atoms with Gasteiger partial charge >= 0.3 is 0 Å². The molecule has 0 saturated carbocycles. The zero-order valence-corrected chi connectivity index (χ0v) is 8.88. The molecule has 2 nitrogen and oxygen atoms in total. The summed E-state index contributed by atoms with van der Waals surface area (Å²) in [7, 11) is 1.94. The van der Waals surface area contributed by atoms with Gasteiger partial charge in [-0.2, -0.15) is 0 Å². The first-order chi connectivity index (χ1) is 6.25. The molecule has 0 N–H and O–H groups in total. The molecular formula is C11H21NO. The zero-order chi connectivity index (χ0) is 9.68. The van der Waals surface area contributed by atoms with Gasteiger partial charge in [-0.05, 0) is 12.8 Å². The lowest BCUT2D eigenvalue weighted by atomic mass is 10.1. The van der Waals surface area contributed by atoms with E-state index in [4.69, 9.17) is 0 Å². The number of nitrogens with zero attached hydrogens (tertiary/aromatic N) is 1. The first-order valence-corrected chi connectivity index (χ1v) is 5.51. The molecule has 0 aromatic carbocycles. The molecule has 1 aliphatic rings. The lowest BCUT2D eigenvalue weighted by Crippen LogP contribution is -2.28. The summed E-state index contributed by atoms with van der Waals surface area (Å²) in [6, 6.07) is 0.546. The molecule has 13 heavy (non-hydrogen) atoms. The van der Waals surface area contributed by atoms with Crippen LogP contribution in [0.15, 0.2) is 0 Å². The summed E-state index contributed by atoms with van der Waals surface area (Å²) in [6.45, 7) is 2.23. The number of rotatable bonds is 5. The Morgan fingerprint density at radius 2 is 2.15 bits per heavy atom. The average Bonchev–Trinajstić information content (AvgIpc) is 2.43. The molecule has 1 fully saturated rings. The molecule has 2 heteroatoms. The topological polar surface area (TPSA) is 20.3 Å². The highest BCUT2D eigenvalue weighted by Crippen LogP contribution is 2.21. The highest BCUT2D eigenvalue weighted by molar-refractivity contribution is 5.78. The second kappa shape index (κ2) is 5.25. The number of carbonyl (C=O) groups is 1. The van der Waals surface area contributed by atoms with Gasteiger partial charge in [-0.15, -0.1) is 0 Å². The van der Waals surface area contributed by atoms with Crippen LogP contribution in [-0.4, -0.2) is 23.9 Å². The van der Waals surface area contributed by atoms with Crippen molar-refractivity contribution in [3.63, 3.8) is 0 Å². The maximum absolute atomic E-state index is 11.2. The molecule has 1 atom stereocenters.